The number of ether oxygens (including phenoxy) is 1. The molecule has 0 spiro atoms. The van der Waals surface area contributed by atoms with Crippen molar-refractivity contribution in [1.29, 1.82) is 0 Å². The lowest BCUT2D eigenvalue weighted by Crippen LogP contribution is -2.46. The monoisotopic (exact) mass is 308 g/mol. The highest BCUT2D eigenvalue weighted by Crippen LogP contribution is 2.13. The van der Waals surface area contributed by atoms with Gasteiger partial charge in [0.1, 0.15) is 0 Å². The highest BCUT2D eigenvalue weighted by atomic mass is 32.2. The third-order valence-corrected chi connectivity index (χ3v) is 4.13. The molecule has 1 unspecified atom stereocenters. The van der Waals surface area contributed by atoms with Crippen molar-refractivity contribution in [1.82, 2.24) is 5.32 Å². The van der Waals surface area contributed by atoms with Crippen LogP contribution in [-0.2, 0) is 9.53 Å². The molecule has 5 nitrogen and oxygen atoms in total. The number of thioether (sulfide) groups is 1. The van der Waals surface area contributed by atoms with E-state index in [1.165, 1.54) is 0 Å². The molecule has 1 saturated heterocycles. The standard InChI is InChI=1S/C15H20N2O3S/c1-2-8-20-15(19)11-3-5-12(6-4-11)17-14(18)13-10-21-9-7-16-13/h3-6,13,16H,2,7-10H2,1H3,(H,17,18). The number of carbonyl (C=O) groups is 2. The fraction of sp³-hybridized carbons (Fsp3) is 0.467. The first-order valence-corrected chi connectivity index (χ1v) is 8.25. The molecule has 0 bridgehead atoms. The molecule has 1 aliphatic rings. The van der Waals surface area contributed by atoms with Gasteiger partial charge in [-0.15, -0.1) is 0 Å². The molecule has 1 atom stereocenters. The first kappa shape index (κ1) is 15.9. The second kappa shape index (κ2) is 8.05. The van der Waals surface area contributed by atoms with Crippen LogP contribution >= 0.6 is 11.8 Å². The number of rotatable bonds is 5. The topological polar surface area (TPSA) is 67.4 Å². The van der Waals surface area contributed by atoms with E-state index in [1.807, 2.05) is 6.92 Å². The van der Waals surface area contributed by atoms with Crippen molar-refractivity contribution < 1.29 is 14.3 Å². The van der Waals surface area contributed by atoms with E-state index in [4.69, 9.17) is 4.74 Å². The quantitative estimate of drug-likeness (QED) is 0.813. The van der Waals surface area contributed by atoms with Crippen molar-refractivity contribution >= 4 is 29.3 Å². The summed E-state index contributed by atoms with van der Waals surface area (Å²) in [6, 6.07) is 6.61. The van der Waals surface area contributed by atoms with Gasteiger partial charge in [-0.1, -0.05) is 6.92 Å². The zero-order valence-corrected chi connectivity index (χ0v) is 12.9. The van der Waals surface area contributed by atoms with Gasteiger partial charge in [0.15, 0.2) is 0 Å². The molecule has 1 amide bonds. The lowest BCUT2D eigenvalue weighted by molar-refractivity contribution is -0.117. The van der Waals surface area contributed by atoms with Crippen LogP contribution < -0.4 is 10.6 Å². The first-order chi connectivity index (χ1) is 10.2. The maximum absolute atomic E-state index is 12.0. The van der Waals surface area contributed by atoms with Gasteiger partial charge in [-0.05, 0) is 30.7 Å². The molecule has 1 aliphatic heterocycles. The van der Waals surface area contributed by atoms with Gasteiger partial charge in [0, 0.05) is 23.7 Å². The van der Waals surface area contributed by atoms with E-state index in [2.05, 4.69) is 10.6 Å². The molecule has 21 heavy (non-hydrogen) atoms. The van der Waals surface area contributed by atoms with Crippen LogP contribution in [0.5, 0.6) is 0 Å². The minimum absolute atomic E-state index is 0.0384. The number of hydrogen-bond donors (Lipinski definition) is 2. The summed E-state index contributed by atoms with van der Waals surface area (Å²) < 4.78 is 5.05. The van der Waals surface area contributed by atoms with Gasteiger partial charge in [0.05, 0.1) is 18.2 Å². The second-order valence-electron chi connectivity index (χ2n) is 4.78. The fourth-order valence-corrected chi connectivity index (χ4v) is 2.86. The van der Waals surface area contributed by atoms with E-state index in [-0.39, 0.29) is 17.9 Å². The number of esters is 1. The Morgan fingerprint density at radius 2 is 2.14 bits per heavy atom. The van der Waals surface area contributed by atoms with E-state index in [1.54, 1.807) is 36.0 Å². The highest BCUT2D eigenvalue weighted by molar-refractivity contribution is 7.99. The maximum Gasteiger partial charge on any atom is 0.338 e. The summed E-state index contributed by atoms with van der Waals surface area (Å²) in [7, 11) is 0. The number of anilines is 1. The molecule has 0 saturated carbocycles. The molecule has 1 fully saturated rings. The Balaban J connectivity index is 1.89. The van der Waals surface area contributed by atoms with Gasteiger partial charge >= 0.3 is 5.97 Å². The van der Waals surface area contributed by atoms with E-state index in [9.17, 15) is 9.59 Å². The Kier molecular flexibility index (Phi) is 6.07. The van der Waals surface area contributed by atoms with Gasteiger partial charge in [-0.2, -0.15) is 11.8 Å². The molecule has 2 rings (SSSR count). The fourth-order valence-electron chi connectivity index (χ4n) is 1.93. The van der Waals surface area contributed by atoms with Gasteiger partial charge in [-0.3, -0.25) is 4.79 Å². The van der Waals surface area contributed by atoms with Gasteiger partial charge in [0.2, 0.25) is 5.91 Å². The summed E-state index contributed by atoms with van der Waals surface area (Å²) in [5.74, 6) is 1.45. The Morgan fingerprint density at radius 3 is 2.76 bits per heavy atom. The van der Waals surface area contributed by atoms with E-state index >= 15 is 0 Å². The molecule has 0 aliphatic carbocycles. The predicted molar refractivity (Wildman–Crippen MR) is 84.8 cm³/mol. The summed E-state index contributed by atoms with van der Waals surface area (Å²) in [5.41, 5.74) is 1.18. The molecule has 6 heteroatoms. The smallest absolute Gasteiger partial charge is 0.338 e. The number of benzene rings is 1. The van der Waals surface area contributed by atoms with E-state index < -0.39 is 0 Å². The van der Waals surface area contributed by atoms with Gasteiger partial charge in [0.25, 0.3) is 0 Å². The van der Waals surface area contributed by atoms with Crippen LogP contribution in [-0.4, -0.2) is 42.6 Å². The Bertz CT molecular complexity index is 484. The minimum atomic E-state index is -0.333. The zero-order valence-electron chi connectivity index (χ0n) is 12.1. The lowest BCUT2D eigenvalue weighted by Gasteiger charge is -2.22. The van der Waals surface area contributed by atoms with Crippen LogP contribution in [0, 0.1) is 0 Å². The van der Waals surface area contributed by atoms with Crippen LogP contribution in [0.3, 0.4) is 0 Å². The molecule has 0 aromatic heterocycles. The largest absolute Gasteiger partial charge is 0.462 e. The second-order valence-corrected chi connectivity index (χ2v) is 5.93. The molecular formula is C15H20N2O3S. The summed E-state index contributed by atoms with van der Waals surface area (Å²) >= 11 is 1.77. The highest BCUT2D eigenvalue weighted by Gasteiger charge is 2.20. The van der Waals surface area contributed by atoms with Crippen molar-refractivity contribution in [2.75, 3.05) is 30.0 Å². The number of hydrogen-bond acceptors (Lipinski definition) is 5. The average molecular weight is 308 g/mol. The van der Waals surface area contributed by atoms with E-state index in [0.717, 1.165) is 24.5 Å². The third kappa shape index (κ3) is 4.75. The van der Waals surface area contributed by atoms with Crippen LogP contribution in [0.15, 0.2) is 24.3 Å². The minimum Gasteiger partial charge on any atom is -0.462 e. The van der Waals surface area contributed by atoms with Crippen molar-refractivity contribution in [2.45, 2.75) is 19.4 Å². The van der Waals surface area contributed by atoms with Crippen molar-refractivity contribution in [2.24, 2.45) is 0 Å². The van der Waals surface area contributed by atoms with Crippen molar-refractivity contribution in [3.05, 3.63) is 29.8 Å². The number of amides is 1. The maximum atomic E-state index is 12.0. The van der Waals surface area contributed by atoms with Crippen LogP contribution in [0.25, 0.3) is 0 Å². The molecule has 1 heterocycles. The van der Waals surface area contributed by atoms with Crippen molar-refractivity contribution in [3.63, 3.8) is 0 Å². The van der Waals surface area contributed by atoms with Crippen LogP contribution in [0.2, 0.25) is 0 Å². The number of carbonyl (C=O) groups excluding carboxylic acids is 2. The summed E-state index contributed by atoms with van der Waals surface area (Å²) in [4.78, 5) is 23.7. The van der Waals surface area contributed by atoms with Gasteiger partial charge in [-0.25, -0.2) is 4.79 Å². The molecule has 0 radical (unpaired) electrons. The molecule has 1 aromatic carbocycles. The zero-order chi connectivity index (χ0) is 15.1. The van der Waals surface area contributed by atoms with Crippen molar-refractivity contribution in [3.8, 4) is 0 Å². The molecule has 2 N–H and O–H groups in total. The summed E-state index contributed by atoms with van der Waals surface area (Å²) in [5, 5.41) is 6.04. The third-order valence-electron chi connectivity index (χ3n) is 3.06. The predicted octanol–water partition coefficient (Wildman–Crippen LogP) is 1.90. The van der Waals surface area contributed by atoms with Crippen LogP contribution in [0.4, 0.5) is 5.69 Å². The normalized spacial score (nSPS) is 18.0. The Hall–Kier alpha value is -1.53. The SMILES string of the molecule is CCCOC(=O)c1ccc(NC(=O)C2CSCCN2)cc1. The first-order valence-electron chi connectivity index (χ1n) is 7.10. The molecule has 114 valence electrons. The molecule has 1 aromatic rings. The summed E-state index contributed by atoms with van der Waals surface area (Å²) in [6.45, 7) is 3.22. The lowest BCUT2D eigenvalue weighted by atomic mass is 10.2. The molecular weight excluding hydrogens is 288 g/mol. The van der Waals surface area contributed by atoms with Gasteiger partial charge < -0.3 is 15.4 Å². The van der Waals surface area contributed by atoms with Crippen LogP contribution in [0.1, 0.15) is 23.7 Å². The summed E-state index contributed by atoms with van der Waals surface area (Å²) in [6.07, 6.45) is 0.798. The average Bonchev–Trinajstić information content (AvgIpc) is 2.54. The Morgan fingerprint density at radius 1 is 1.38 bits per heavy atom. The number of nitrogens with one attached hydrogen (secondary N) is 2. The van der Waals surface area contributed by atoms with E-state index in [0.29, 0.717) is 17.9 Å². The Labute approximate surface area is 128 Å².